The largest absolute Gasteiger partial charge is 0.394 e. The fraction of sp³-hybridized carbons (Fsp3) is 1.00. The van der Waals surface area contributed by atoms with Crippen LogP contribution in [0.15, 0.2) is 0 Å². The molecule has 0 radical (unpaired) electrons. The van der Waals surface area contributed by atoms with Gasteiger partial charge >= 0.3 is 0 Å². The van der Waals surface area contributed by atoms with Crippen LogP contribution in [0, 0.1) is 0 Å². The molecule has 84 valence electrons. The van der Waals surface area contributed by atoms with E-state index < -0.39 is 0 Å². The van der Waals surface area contributed by atoms with E-state index in [1.54, 1.807) is 0 Å². The molecule has 1 heterocycles. The van der Waals surface area contributed by atoms with Gasteiger partial charge in [0.05, 0.1) is 6.61 Å². The zero-order valence-corrected chi connectivity index (χ0v) is 9.88. The summed E-state index contributed by atoms with van der Waals surface area (Å²) in [6.07, 6.45) is 1.20. The van der Waals surface area contributed by atoms with Crippen LogP contribution in [-0.2, 0) is 0 Å². The molecule has 1 fully saturated rings. The van der Waals surface area contributed by atoms with Gasteiger partial charge in [0.25, 0.3) is 0 Å². The lowest BCUT2D eigenvalue weighted by atomic mass is 10.1. The average Bonchev–Trinajstić information content (AvgIpc) is 2.52. The molecule has 1 aliphatic heterocycles. The van der Waals surface area contributed by atoms with Crippen LogP contribution in [0.5, 0.6) is 0 Å². The third-order valence-corrected chi connectivity index (χ3v) is 2.94. The standard InChI is InChI=1S/C11H24N2O/c1-9(2)13-6-5-10(7-13)12-11(3,4)8-14/h9-10,12,14H,5-8H2,1-4H3. The van der Waals surface area contributed by atoms with E-state index in [1.807, 2.05) is 13.8 Å². The molecule has 2 N–H and O–H groups in total. The van der Waals surface area contributed by atoms with E-state index in [0.29, 0.717) is 12.1 Å². The summed E-state index contributed by atoms with van der Waals surface area (Å²) >= 11 is 0. The number of nitrogens with one attached hydrogen (secondary N) is 1. The van der Waals surface area contributed by atoms with Crippen molar-refractivity contribution in [2.45, 2.75) is 51.7 Å². The molecule has 0 bridgehead atoms. The van der Waals surface area contributed by atoms with Crippen molar-refractivity contribution in [3.8, 4) is 0 Å². The Balaban J connectivity index is 2.36. The van der Waals surface area contributed by atoms with Gasteiger partial charge in [0.2, 0.25) is 0 Å². The lowest BCUT2D eigenvalue weighted by molar-refractivity contribution is 0.172. The van der Waals surface area contributed by atoms with Crippen LogP contribution in [0.2, 0.25) is 0 Å². The summed E-state index contributed by atoms with van der Waals surface area (Å²) in [6, 6.07) is 1.18. The number of aliphatic hydroxyl groups is 1. The van der Waals surface area contributed by atoms with Crippen molar-refractivity contribution in [2.75, 3.05) is 19.7 Å². The number of likely N-dealkylation sites (tertiary alicyclic amines) is 1. The van der Waals surface area contributed by atoms with E-state index in [2.05, 4.69) is 24.1 Å². The van der Waals surface area contributed by atoms with Crippen LogP contribution in [0.4, 0.5) is 0 Å². The van der Waals surface area contributed by atoms with Crippen LogP contribution in [0.25, 0.3) is 0 Å². The van der Waals surface area contributed by atoms with E-state index in [9.17, 15) is 0 Å². The zero-order chi connectivity index (χ0) is 10.8. The summed E-state index contributed by atoms with van der Waals surface area (Å²) in [5.74, 6) is 0. The zero-order valence-electron chi connectivity index (χ0n) is 9.88. The molecule has 0 spiro atoms. The first-order valence-corrected chi connectivity index (χ1v) is 5.57. The minimum Gasteiger partial charge on any atom is -0.394 e. The predicted molar refractivity (Wildman–Crippen MR) is 59.4 cm³/mol. The molecule has 14 heavy (non-hydrogen) atoms. The third-order valence-electron chi connectivity index (χ3n) is 2.94. The van der Waals surface area contributed by atoms with Crippen LogP contribution in [-0.4, -0.2) is 47.3 Å². The van der Waals surface area contributed by atoms with Crippen molar-refractivity contribution in [3.63, 3.8) is 0 Å². The van der Waals surface area contributed by atoms with Gasteiger partial charge in [0.15, 0.2) is 0 Å². The van der Waals surface area contributed by atoms with Gasteiger partial charge in [-0.1, -0.05) is 0 Å². The second kappa shape index (κ2) is 4.60. The average molecular weight is 200 g/mol. The molecule has 0 aromatic carbocycles. The smallest absolute Gasteiger partial charge is 0.0607 e. The molecular weight excluding hydrogens is 176 g/mol. The normalized spacial score (nSPS) is 24.9. The fourth-order valence-corrected chi connectivity index (χ4v) is 1.97. The number of hydrogen-bond acceptors (Lipinski definition) is 3. The maximum absolute atomic E-state index is 9.15. The van der Waals surface area contributed by atoms with Gasteiger partial charge in [-0.05, 0) is 40.7 Å². The van der Waals surface area contributed by atoms with E-state index >= 15 is 0 Å². The van der Waals surface area contributed by atoms with Crippen molar-refractivity contribution in [1.29, 1.82) is 0 Å². The summed E-state index contributed by atoms with van der Waals surface area (Å²) in [5.41, 5.74) is -0.141. The highest BCUT2D eigenvalue weighted by Gasteiger charge is 2.28. The van der Waals surface area contributed by atoms with Crippen LogP contribution >= 0.6 is 0 Å². The van der Waals surface area contributed by atoms with Gasteiger partial charge in [-0.3, -0.25) is 4.90 Å². The summed E-state index contributed by atoms with van der Waals surface area (Å²) in [7, 11) is 0. The molecule has 0 aromatic rings. The summed E-state index contributed by atoms with van der Waals surface area (Å²) in [4.78, 5) is 2.48. The van der Waals surface area contributed by atoms with Gasteiger partial charge in [-0.15, -0.1) is 0 Å². The molecule has 0 aliphatic carbocycles. The van der Waals surface area contributed by atoms with Crippen LogP contribution in [0.3, 0.4) is 0 Å². The number of hydrogen-bond donors (Lipinski definition) is 2. The number of nitrogens with zero attached hydrogens (tertiary/aromatic N) is 1. The Kier molecular flexibility index (Phi) is 3.93. The molecule has 1 atom stereocenters. The van der Waals surface area contributed by atoms with Gasteiger partial charge in [-0.2, -0.15) is 0 Å². The van der Waals surface area contributed by atoms with Crippen molar-refractivity contribution in [2.24, 2.45) is 0 Å². The minimum atomic E-state index is -0.141. The fourth-order valence-electron chi connectivity index (χ4n) is 1.97. The molecule has 3 nitrogen and oxygen atoms in total. The first kappa shape index (κ1) is 12.0. The number of aliphatic hydroxyl groups excluding tert-OH is 1. The maximum Gasteiger partial charge on any atom is 0.0607 e. The topological polar surface area (TPSA) is 35.5 Å². The van der Waals surface area contributed by atoms with Gasteiger partial charge < -0.3 is 10.4 Å². The molecule has 1 saturated heterocycles. The summed E-state index contributed by atoms with van der Waals surface area (Å²) < 4.78 is 0. The lowest BCUT2D eigenvalue weighted by Gasteiger charge is -2.28. The highest BCUT2D eigenvalue weighted by molar-refractivity contribution is 4.88. The van der Waals surface area contributed by atoms with Gasteiger partial charge in [0, 0.05) is 24.2 Å². The lowest BCUT2D eigenvalue weighted by Crippen LogP contribution is -2.49. The highest BCUT2D eigenvalue weighted by Crippen LogP contribution is 2.15. The molecule has 0 amide bonds. The van der Waals surface area contributed by atoms with Crippen molar-refractivity contribution >= 4 is 0 Å². The molecule has 1 rings (SSSR count). The number of rotatable bonds is 4. The Morgan fingerprint density at radius 3 is 2.57 bits per heavy atom. The maximum atomic E-state index is 9.15. The first-order chi connectivity index (χ1) is 6.44. The first-order valence-electron chi connectivity index (χ1n) is 5.57. The quantitative estimate of drug-likeness (QED) is 0.705. The molecule has 0 saturated carbocycles. The van der Waals surface area contributed by atoms with Crippen molar-refractivity contribution < 1.29 is 5.11 Å². The van der Waals surface area contributed by atoms with Gasteiger partial charge in [0.1, 0.15) is 0 Å². The second-order valence-corrected chi connectivity index (χ2v) is 5.26. The SMILES string of the molecule is CC(C)N1CCC(NC(C)(C)CO)C1. The monoisotopic (exact) mass is 200 g/mol. The molecule has 3 heteroatoms. The predicted octanol–water partition coefficient (Wildman–Crippen LogP) is 0.830. The van der Waals surface area contributed by atoms with Crippen LogP contribution < -0.4 is 5.32 Å². The molecule has 1 aliphatic rings. The second-order valence-electron chi connectivity index (χ2n) is 5.26. The summed E-state index contributed by atoms with van der Waals surface area (Å²) in [5, 5.41) is 12.7. The molecule has 1 unspecified atom stereocenters. The Hall–Kier alpha value is -0.120. The Morgan fingerprint density at radius 1 is 1.50 bits per heavy atom. The Labute approximate surface area is 87.5 Å². The summed E-state index contributed by atoms with van der Waals surface area (Å²) in [6.45, 7) is 11.1. The highest BCUT2D eigenvalue weighted by atomic mass is 16.3. The van der Waals surface area contributed by atoms with E-state index in [4.69, 9.17) is 5.11 Å². The van der Waals surface area contributed by atoms with Gasteiger partial charge in [-0.25, -0.2) is 0 Å². The van der Waals surface area contributed by atoms with E-state index in [-0.39, 0.29) is 12.1 Å². The molecular formula is C11H24N2O. The van der Waals surface area contributed by atoms with Crippen LogP contribution in [0.1, 0.15) is 34.1 Å². The Morgan fingerprint density at radius 2 is 2.14 bits per heavy atom. The Bertz CT molecular complexity index is 180. The van der Waals surface area contributed by atoms with Crippen molar-refractivity contribution in [1.82, 2.24) is 10.2 Å². The van der Waals surface area contributed by atoms with E-state index in [1.165, 1.54) is 13.0 Å². The van der Waals surface area contributed by atoms with Crippen molar-refractivity contribution in [3.05, 3.63) is 0 Å². The molecule has 0 aromatic heterocycles. The minimum absolute atomic E-state index is 0.141. The van der Waals surface area contributed by atoms with E-state index in [0.717, 1.165) is 6.54 Å². The third kappa shape index (κ3) is 3.23.